The van der Waals surface area contributed by atoms with Crippen molar-refractivity contribution < 1.29 is 0 Å². The number of hydrogen-bond donors (Lipinski definition) is 0. The van der Waals surface area contributed by atoms with E-state index in [1.165, 1.54) is 0 Å². The SMILES string of the molecule is Br.Br.Br.C[P](C)(C)C. The standard InChI is InChI=1S/C4H12P.3BrH/c1-5(2,3)4;;;/h1-4H3;3*1H. The van der Waals surface area contributed by atoms with Crippen LogP contribution in [0.15, 0.2) is 0 Å². The van der Waals surface area contributed by atoms with E-state index in [0.717, 1.165) is 0 Å². The second-order valence-electron chi connectivity index (χ2n) is 2.68. The Hall–Kier alpha value is 1.87. The predicted molar refractivity (Wildman–Crippen MR) is 61.6 cm³/mol. The van der Waals surface area contributed by atoms with Crippen LogP contribution in [0, 0.1) is 0 Å². The van der Waals surface area contributed by atoms with Gasteiger partial charge in [0.1, 0.15) is 0 Å². The molecule has 0 aromatic carbocycles. The highest BCUT2D eigenvalue weighted by Crippen LogP contribution is 2.40. The summed E-state index contributed by atoms with van der Waals surface area (Å²) in [5.74, 6) is 0. The molecule has 57 valence electrons. The topological polar surface area (TPSA) is 0 Å². The van der Waals surface area contributed by atoms with E-state index in [9.17, 15) is 0 Å². The van der Waals surface area contributed by atoms with Gasteiger partial charge in [-0.15, -0.1) is 58.2 Å². The highest BCUT2D eigenvalue weighted by molar-refractivity contribution is 8.93. The maximum Gasteiger partial charge on any atom is -0.0485 e. The van der Waals surface area contributed by atoms with Crippen molar-refractivity contribution in [2.75, 3.05) is 26.7 Å². The Bertz CT molecular complexity index is 26.8. The fourth-order valence-corrected chi connectivity index (χ4v) is 0. The first-order valence-electron chi connectivity index (χ1n) is 1.79. The van der Waals surface area contributed by atoms with Gasteiger partial charge < -0.3 is 0 Å². The lowest BCUT2D eigenvalue weighted by Gasteiger charge is -2.09. The molecule has 0 aromatic heterocycles. The zero-order valence-corrected chi connectivity index (χ0v) is 11.7. The van der Waals surface area contributed by atoms with E-state index in [2.05, 4.69) is 26.7 Å². The average molecular weight is 334 g/mol. The Morgan fingerprint density at radius 3 is 0.625 bits per heavy atom. The summed E-state index contributed by atoms with van der Waals surface area (Å²) in [5.41, 5.74) is 0. The van der Waals surface area contributed by atoms with Crippen molar-refractivity contribution in [3.05, 3.63) is 0 Å². The zero-order valence-electron chi connectivity index (χ0n) is 5.67. The van der Waals surface area contributed by atoms with E-state index in [1.54, 1.807) is 0 Å². The molecule has 0 aromatic rings. The molecule has 0 aliphatic carbocycles. The summed E-state index contributed by atoms with van der Waals surface area (Å²) in [6.07, 6.45) is 0. The zero-order chi connectivity index (χ0) is 4.50. The summed E-state index contributed by atoms with van der Waals surface area (Å²) < 4.78 is 0. The minimum absolute atomic E-state index is 0. The van der Waals surface area contributed by atoms with Crippen LogP contribution >= 0.6 is 58.2 Å². The first-order valence-corrected chi connectivity index (χ1v) is 5.37. The Morgan fingerprint density at radius 1 is 0.625 bits per heavy atom. The van der Waals surface area contributed by atoms with Gasteiger partial charge in [0.05, 0.1) is 0 Å². The number of hydrogen-bond acceptors (Lipinski definition) is 0. The van der Waals surface area contributed by atoms with Gasteiger partial charge in [-0.2, -0.15) is 0 Å². The van der Waals surface area contributed by atoms with Gasteiger partial charge in [-0.1, -0.05) is 0 Å². The van der Waals surface area contributed by atoms with E-state index >= 15 is 0 Å². The van der Waals surface area contributed by atoms with Crippen molar-refractivity contribution >= 4 is 58.2 Å². The van der Waals surface area contributed by atoms with Crippen LogP contribution in [0.25, 0.3) is 0 Å². The molecule has 0 amide bonds. The molecule has 0 aliphatic heterocycles. The molecule has 0 atom stereocenters. The first-order chi connectivity index (χ1) is 2.00. The van der Waals surface area contributed by atoms with Crippen molar-refractivity contribution in [1.82, 2.24) is 0 Å². The molecule has 0 nitrogen and oxygen atoms in total. The lowest BCUT2D eigenvalue weighted by Crippen LogP contribution is -1.74. The molecule has 0 saturated heterocycles. The van der Waals surface area contributed by atoms with Crippen molar-refractivity contribution in [3.63, 3.8) is 0 Å². The first kappa shape index (κ1) is 22.5. The number of halogens is 3. The smallest absolute Gasteiger partial charge is 0.0485 e. The van der Waals surface area contributed by atoms with Crippen LogP contribution in [0.4, 0.5) is 0 Å². The van der Waals surface area contributed by atoms with Crippen LogP contribution in [0.1, 0.15) is 0 Å². The molecule has 8 heavy (non-hydrogen) atoms. The van der Waals surface area contributed by atoms with Crippen LogP contribution < -0.4 is 0 Å². The summed E-state index contributed by atoms with van der Waals surface area (Å²) in [5, 5.41) is 0. The second kappa shape index (κ2) is 8.87. The van der Waals surface area contributed by atoms with Gasteiger partial charge in [0, 0.05) is 0 Å². The summed E-state index contributed by atoms with van der Waals surface area (Å²) in [7, 11) is -0.389. The summed E-state index contributed by atoms with van der Waals surface area (Å²) in [4.78, 5) is 0. The van der Waals surface area contributed by atoms with Gasteiger partial charge in [-0.05, 0) is 26.7 Å². The summed E-state index contributed by atoms with van der Waals surface area (Å²) in [6.45, 7) is 9.19. The molecule has 0 fully saturated rings. The van der Waals surface area contributed by atoms with Gasteiger partial charge in [0.15, 0.2) is 0 Å². The molecule has 4 heteroatoms. The molecule has 0 N–H and O–H groups in total. The molecular weight excluding hydrogens is 319 g/mol. The Morgan fingerprint density at radius 2 is 0.625 bits per heavy atom. The minimum Gasteiger partial charge on any atom is -0.137 e. The van der Waals surface area contributed by atoms with Crippen molar-refractivity contribution in [3.8, 4) is 0 Å². The molecule has 0 bridgehead atoms. The molecular formula is C4H15Br3P. The van der Waals surface area contributed by atoms with Crippen LogP contribution in [0.3, 0.4) is 0 Å². The van der Waals surface area contributed by atoms with Gasteiger partial charge >= 0.3 is 0 Å². The van der Waals surface area contributed by atoms with E-state index < -0.39 is 0 Å². The predicted octanol–water partition coefficient (Wildman–Crippen LogP) is 3.26. The largest absolute Gasteiger partial charge is 0.137 e. The highest BCUT2D eigenvalue weighted by atomic mass is 79.9. The third-order valence-corrected chi connectivity index (χ3v) is 0. The summed E-state index contributed by atoms with van der Waals surface area (Å²) in [6, 6.07) is 0. The van der Waals surface area contributed by atoms with Crippen molar-refractivity contribution in [1.29, 1.82) is 0 Å². The summed E-state index contributed by atoms with van der Waals surface area (Å²) >= 11 is 0. The lowest BCUT2D eigenvalue weighted by atomic mass is 11.8. The van der Waals surface area contributed by atoms with Crippen molar-refractivity contribution in [2.24, 2.45) is 0 Å². The van der Waals surface area contributed by atoms with E-state index in [4.69, 9.17) is 0 Å². The van der Waals surface area contributed by atoms with Gasteiger partial charge in [0.25, 0.3) is 0 Å². The van der Waals surface area contributed by atoms with Gasteiger partial charge in [-0.25, -0.2) is 0 Å². The van der Waals surface area contributed by atoms with Crippen LogP contribution in [-0.4, -0.2) is 26.7 Å². The molecule has 0 aliphatic rings. The highest BCUT2D eigenvalue weighted by Gasteiger charge is 1.91. The monoisotopic (exact) mass is 331 g/mol. The maximum absolute atomic E-state index is 2.30. The molecule has 1 radical (unpaired) electrons. The number of rotatable bonds is 0. The van der Waals surface area contributed by atoms with Crippen LogP contribution in [0.5, 0.6) is 0 Å². The Balaban J connectivity index is -0.0000000267. The molecule has 0 spiro atoms. The van der Waals surface area contributed by atoms with E-state index in [1.807, 2.05) is 0 Å². The van der Waals surface area contributed by atoms with E-state index in [-0.39, 0.29) is 58.2 Å². The van der Waals surface area contributed by atoms with Gasteiger partial charge in [0.2, 0.25) is 0 Å². The van der Waals surface area contributed by atoms with Crippen LogP contribution in [-0.2, 0) is 0 Å². The molecule has 0 unspecified atom stereocenters. The fourth-order valence-electron chi connectivity index (χ4n) is 0. The average Bonchev–Trinajstić information content (AvgIpc) is 0.722. The maximum atomic E-state index is 2.30. The third-order valence-electron chi connectivity index (χ3n) is 0. The second-order valence-corrected chi connectivity index (χ2v) is 8.05. The van der Waals surface area contributed by atoms with E-state index in [0.29, 0.717) is 0 Å². The minimum atomic E-state index is -0.389. The molecule has 0 saturated carbocycles. The quantitative estimate of drug-likeness (QED) is 0.597. The Kier molecular flexibility index (Phi) is 25.0. The molecule has 0 rings (SSSR count). The fraction of sp³-hybridized carbons (Fsp3) is 1.00. The van der Waals surface area contributed by atoms with Crippen LogP contribution in [0.2, 0.25) is 0 Å². The van der Waals surface area contributed by atoms with Crippen molar-refractivity contribution in [2.45, 2.75) is 0 Å². The lowest BCUT2D eigenvalue weighted by molar-refractivity contribution is 1.95. The van der Waals surface area contributed by atoms with Gasteiger partial charge in [-0.3, -0.25) is 0 Å². The Labute approximate surface area is 84.5 Å². The molecule has 0 heterocycles. The normalized spacial score (nSPS) is 7.50. The third kappa shape index (κ3) is 106.